The average molecular weight is 1130 g/mol. The van der Waals surface area contributed by atoms with Crippen LogP contribution in [0.4, 0.5) is 0 Å². The van der Waals surface area contributed by atoms with Crippen molar-refractivity contribution >= 4 is 17.9 Å². The summed E-state index contributed by atoms with van der Waals surface area (Å²) in [6.07, 6.45) is 101. The van der Waals surface area contributed by atoms with E-state index in [9.17, 15) is 14.4 Å². The molecule has 0 saturated heterocycles. The maximum atomic E-state index is 12.9. The van der Waals surface area contributed by atoms with Crippen LogP contribution < -0.4 is 0 Å². The number of rotatable bonds is 58. The Bertz CT molecular complexity index is 1870. The van der Waals surface area contributed by atoms with Crippen LogP contribution in [0, 0.1) is 0 Å². The van der Waals surface area contributed by atoms with Gasteiger partial charge in [0, 0.05) is 19.3 Å². The Labute approximate surface area is 504 Å². The number of allylic oxidation sites excluding steroid dienone is 28. The molecule has 460 valence electrons. The van der Waals surface area contributed by atoms with Gasteiger partial charge in [-0.3, -0.25) is 14.4 Å². The van der Waals surface area contributed by atoms with Crippen LogP contribution in [0.2, 0.25) is 0 Å². The summed E-state index contributed by atoms with van der Waals surface area (Å²) >= 11 is 0. The lowest BCUT2D eigenvalue weighted by atomic mass is 10.1. The van der Waals surface area contributed by atoms with Gasteiger partial charge in [0.05, 0.1) is 0 Å². The van der Waals surface area contributed by atoms with Crippen LogP contribution in [0.1, 0.15) is 271 Å². The van der Waals surface area contributed by atoms with Gasteiger partial charge < -0.3 is 14.2 Å². The lowest BCUT2D eigenvalue weighted by molar-refractivity contribution is -0.167. The Morgan fingerprint density at radius 3 is 0.780 bits per heavy atom. The standard InChI is InChI=1S/C76H120O6/c1-4-7-10-13-16-19-22-25-28-31-33-35-36-37-38-39-40-42-43-45-48-51-54-57-60-63-66-69-75(78)81-72-73(71-80-74(77)68-65-62-59-56-53-50-47-30-27-24-21-18-15-12-9-6-3)82-76(79)70-67-64-61-58-55-52-49-46-44-41-34-32-29-26-23-20-17-14-11-8-5-2/h7-8,10-11,16-17,19-20,25-26,28-30,33-35,37-38,40-42,45-49,54,57,73H,4-6,9,12-15,18,21-24,27,31-32,36,39,43-44,50-53,55-56,58-72H2,1-3H3/b10-7-,11-8-,19-16-,20-17-,28-25-,29-26-,35-33-,38-37-,41-34-,42-40-,47-30-,48-45-,49-46-,57-54-. The average Bonchev–Trinajstić information content (AvgIpc) is 3.47. The first-order valence-corrected chi connectivity index (χ1v) is 33.1. The van der Waals surface area contributed by atoms with Gasteiger partial charge >= 0.3 is 17.9 Å². The van der Waals surface area contributed by atoms with Crippen molar-refractivity contribution in [2.45, 2.75) is 277 Å². The summed E-state index contributed by atoms with van der Waals surface area (Å²) in [6, 6.07) is 0. The lowest BCUT2D eigenvalue weighted by Crippen LogP contribution is -2.30. The largest absolute Gasteiger partial charge is 0.462 e. The predicted molar refractivity (Wildman–Crippen MR) is 357 cm³/mol. The summed E-state index contributed by atoms with van der Waals surface area (Å²) in [5, 5.41) is 0. The highest BCUT2D eigenvalue weighted by atomic mass is 16.6. The van der Waals surface area contributed by atoms with Gasteiger partial charge in [0.25, 0.3) is 0 Å². The number of hydrogen-bond acceptors (Lipinski definition) is 6. The van der Waals surface area contributed by atoms with Crippen molar-refractivity contribution in [3.8, 4) is 0 Å². The van der Waals surface area contributed by atoms with E-state index < -0.39 is 6.10 Å². The molecule has 0 aliphatic rings. The van der Waals surface area contributed by atoms with Gasteiger partial charge in [-0.2, -0.15) is 0 Å². The Kier molecular flexibility index (Phi) is 63.9. The number of unbranched alkanes of at least 4 members (excludes halogenated alkanes) is 19. The minimum absolute atomic E-state index is 0.112. The summed E-state index contributed by atoms with van der Waals surface area (Å²) in [5.41, 5.74) is 0. The maximum absolute atomic E-state index is 12.9. The molecule has 0 bridgehead atoms. The van der Waals surface area contributed by atoms with Crippen molar-refractivity contribution < 1.29 is 28.6 Å². The van der Waals surface area contributed by atoms with Crippen molar-refractivity contribution in [1.82, 2.24) is 0 Å². The molecule has 0 radical (unpaired) electrons. The number of esters is 3. The highest BCUT2D eigenvalue weighted by Gasteiger charge is 2.19. The molecule has 82 heavy (non-hydrogen) atoms. The number of carbonyl (C=O) groups excluding carboxylic acids is 3. The number of hydrogen-bond donors (Lipinski definition) is 0. The molecule has 1 unspecified atom stereocenters. The molecule has 0 aromatic rings. The Morgan fingerprint density at radius 1 is 0.256 bits per heavy atom. The highest BCUT2D eigenvalue weighted by molar-refractivity contribution is 5.71. The van der Waals surface area contributed by atoms with Crippen LogP contribution in [0.3, 0.4) is 0 Å². The molecule has 0 aliphatic heterocycles. The van der Waals surface area contributed by atoms with E-state index in [2.05, 4.69) is 191 Å². The van der Waals surface area contributed by atoms with Crippen molar-refractivity contribution in [2.75, 3.05) is 13.2 Å². The second-order valence-electron chi connectivity index (χ2n) is 21.3. The van der Waals surface area contributed by atoms with Crippen LogP contribution in [0.5, 0.6) is 0 Å². The Morgan fingerprint density at radius 2 is 0.476 bits per heavy atom. The minimum atomic E-state index is -0.821. The minimum Gasteiger partial charge on any atom is -0.462 e. The van der Waals surface area contributed by atoms with E-state index in [1.165, 1.54) is 57.8 Å². The Balaban J connectivity index is 4.54. The van der Waals surface area contributed by atoms with Crippen molar-refractivity contribution in [1.29, 1.82) is 0 Å². The van der Waals surface area contributed by atoms with Crippen LogP contribution in [-0.4, -0.2) is 37.2 Å². The molecule has 0 spiro atoms. The maximum Gasteiger partial charge on any atom is 0.306 e. The molecule has 0 aromatic heterocycles. The summed E-state index contributed by atoms with van der Waals surface area (Å²) < 4.78 is 16.9. The van der Waals surface area contributed by atoms with E-state index in [1.54, 1.807) is 0 Å². The molecule has 0 N–H and O–H groups in total. The molecular weight excluding hydrogens is 1010 g/mol. The van der Waals surface area contributed by atoms with E-state index in [-0.39, 0.29) is 44.0 Å². The van der Waals surface area contributed by atoms with Gasteiger partial charge in [0.15, 0.2) is 6.10 Å². The van der Waals surface area contributed by atoms with Crippen LogP contribution in [0.15, 0.2) is 170 Å². The van der Waals surface area contributed by atoms with Gasteiger partial charge in [0.2, 0.25) is 0 Å². The van der Waals surface area contributed by atoms with E-state index in [1.807, 2.05) is 0 Å². The van der Waals surface area contributed by atoms with E-state index in [0.717, 1.165) is 167 Å². The summed E-state index contributed by atoms with van der Waals surface area (Å²) in [7, 11) is 0. The van der Waals surface area contributed by atoms with Crippen molar-refractivity contribution in [3.05, 3.63) is 170 Å². The second kappa shape index (κ2) is 68.3. The molecule has 6 heteroatoms. The first-order valence-electron chi connectivity index (χ1n) is 33.1. The topological polar surface area (TPSA) is 78.9 Å². The van der Waals surface area contributed by atoms with Gasteiger partial charge in [-0.05, 0) is 154 Å². The fourth-order valence-electron chi connectivity index (χ4n) is 8.54. The zero-order valence-corrected chi connectivity index (χ0v) is 52.7. The van der Waals surface area contributed by atoms with Crippen LogP contribution in [-0.2, 0) is 28.6 Å². The van der Waals surface area contributed by atoms with E-state index in [4.69, 9.17) is 14.2 Å². The van der Waals surface area contributed by atoms with E-state index >= 15 is 0 Å². The Hall–Kier alpha value is -5.23. The van der Waals surface area contributed by atoms with Gasteiger partial charge in [-0.15, -0.1) is 0 Å². The molecule has 0 aliphatic carbocycles. The van der Waals surface area contributed by atoms with Crippen molar-refractivity contribution in [2.24, 2.45) is 0 Å². The first-order chi connectivity index (χ1) is 40.5. The molecule has 0 amide bonds. The zero-order valence-electron chi connectivity index (χ0n) is 52.7. The van der Waals surface area contributed by atoms with Crippen molar-refractivity contribution in [3.63, 3.8) is 0 Å². The monoisotopic (exact) mass is 1130 g/mol. The number of ether oxygens (including phenoxy) is 3. The third-order valence-corrected chi connectivity index (χ3v) is 13.4. The second-order valence-corrected chi connectivity index (χ2v) is 21.3. The quantitative estimate of drug-likeness (QED) is 0.0261. The van der Waals surface area contributed by atoms with Crippen LogP contribution in [0.25, 0.3) is 0 Å². The SMILES string of the molecule is CC/C=C\C/C=C\C/C=C\C/C=C\C/C=C\C/C=C\C/C=C\C/C=C\CCCCC(=O)OCC(COC(=O)CCCCCCC/C=C\CCCCCCCCC)OC(=O)CCCCCCC/C=C\C/C=C\C/C=C\C/C=C\C/C=C\CC. The third-order valence-electron chi connectivity index (χ3n) is 13.4. The zero-order chi connectivity index (χ0) is 59.2. The molecule has 0 heterocycles. The molecular formula is C76H120O6. The van der Waals surface area contributed by atoms with E-state index in [0.29, 0.717) is 12.8 Å². The smallest absolute Gasteiger partial charge is 0.306 e. The predicted octanol–water partition coefficient (Wildman–Crippen LogP) is 23.0. The first kappa shape index (κ1) is 76.8. The third kappa shape index (κ3) is 65.6. The fraction of sp³-hybridized carbons (Fsp3) is 0.592. The molecule has 0 fully saturated rings. The molecule has 0 rings (SSSR count). The van der Waals surface area contributed by atoms with Gasteiger partial charge in [-0.1, -0.05) is 268 Å². The van der Waals surface area contributed by atoms with Gasteiger partial charge in [-0.25, -0.2) is 0 Å². The van der Waals surface area contributed by atoms with Gasteiger partial charge in [0.1, 0.15) is 13.2 Å². The number of carbonyl (C=O) groups is 3. The summed E-state index contributed by atoms with van der Waals surface area (Å²) in [4.78, 5) is 38.4. The summed E-state index contributed by atoms with van der Waals surface area (Å²) in [5.74, 6) is -0.987. The normalized spacial score (nSPS) is 13.3. The lowest BCUT2D eigenvalue weighted by Gasteiger charge is -2.18. The highest BCUT2D eigenvalue weighted by Crippen LogP contribution is 2.14. The molecule has 1 atom stereocenters. The van der Waals surface area contributed by atoms with Crippen LogP contribution >= 0.6 is 0 Å². The summed E-state index contributed by atoms with van der Waals surface area (Å²) in [6.45, 7) is 6.35. The fourth-order valence-corrected chi connectivity index (χ4v) is 8.54. The molecule has 0 saturated carbocycles. The molecule has 0 aromatic carbocycles. The molecule has 6 nitrogen and oxygen atoms in total.